The maximum atomic E-state index is 10.7. The predicted octanol–water partition coefficient (Wildman–Crippen LogP) is 1.45. The van der Waals surface area contributed by atoms with E-state index in [4.69, 9.17) is 11.0 Å². The largest absolute Gasteiger partial charge is 0.366 e. The molecule has 0 heterocycles. The molecule has 70 valence electrons. The molecule has 1 amide bonds. The van der Waals surface area contributed by atoms with E-state index >= 15 is 0 Å². The molecular weight excluding hydrogens is 176 g/mol. The molecule has 0 aliphatic heterocycles. The highest BCUT2D eigenvalue weighted by Crippen LogP contribution is 2.08. The molecule has 0 bridgehead atoms. The maximum Gasteiger partial charge on any atom is 0.244 e. The van der Waals surface area contributed by atoms with E-state index in [9.17, 15) is 4.79 Å². The number of carbonyl (C=O) groups excluding carboxylic acids is 1. The summed E-state index contributed by atoms with van der Waals surface area (Å²) in [5.74, 6) is -0.452. The van der Waals surface area contributed by atoms with Crippen LogP contribution in [0, 0.1) is 11.3 Å². The Morgan fingerprint density at radius 1 is 1.57 bits per heavy atom. The minimum atomic E-state index is -0.452. The van der Waals surface area contributed by atoms with Crippen LogP contribution in [0.3, 0.4) is 0 Å². The Kier molecular flexibility index (Phi) is 3.03. The molecule has 0 aliphatic rings. The molecular formula is C11H10N2O. The van der Waals surface area contributed by atoms with Crippen LogP contribution in [-0.4, -0.2) is 5.91 Å². The van der Waals surface area contributed by atoms with Gasteiger partial charge in [0, 0.05) is 5.57 Å². The summed E-state index contributed by atoms with van der Waals surface area (Å²) >= 11 is 0. The third-order valence-electron chi connectivity index (χ3n) is 1.79. The number of nitrogens with zero attached hydrogens (tertiary/aromatic N) is 1. The quantitative estimate of drug-likeness (QED) is 0.710. The Morgan fingerprint density at radius 2 is 2.29 bits per heavy atom. The predicted molar refractivity (Wildman–Crippen MR) is 54.0 cm³/mol. The molecule has 0 spiro atoms. The maximum absolute atomic E-state index is 10.7. The van der Waals surface area contributed by atoms with Gasteiger partial charge in [-0.15, -0.1) is 0 Å². The van der Waals surface area contributed by atoms with Gasteiger partial charge >= 0.3 is 0 Å². The molecule has 0 atom stereocenters. The number of hydrogen-bond donors (Lipinski definition) is 1. The number of carbonyl (C=O) groups is 1. The second kappa shape index (κ2) is 4.24. The summed E-state index contributed by atoms with van der Waals surface area (Å²) < 4.78 is 0. The van der Waals surface area contributed by atoms with Gasteiger partial charge in [-0.3, -0.25) is 4.79 Å². The molecule has 0 aromatic heterocycles. The summed E-state index contributed by atoms with van der Waals surface area (Å²) in [6.45, 7) is 1.64. The molecule has 0 aliphatic carbocycles. The molecule has 3 heteroatoms. The zero-order valence-corrected chi connectivity index (χ0v) is 7.82. The lowest BCUT2D eigenvalue weighted by Gasteiger charge is -1.96. The zero-order valence-electron chi connectivity index (χ0n) is 7.82. The highest BCUT2D eigenvalue weighted by molar-refractivity contribution is 5.95. The second-order valence-corrected chi connectivity index (χ2v) is 2.93. The summed E-state index contributed by atoms with van der Waals surface area (Å²) in [5, 5.41) is 8.64. The summed E-state index contributed by atoms with van der Waals surface area (Å²) in [7, 11) is 0. The summed E-state index contributed by atoms with van der Waals surface area (Å²) in [6.07, 6.45) is 1.66. The Bertz CT molecular complexity index is 427. The van der Waals surface area contributed by atoms with Crippen LogP contribution in [0.2, 0.25) is 0 Å². The molecule has 14 heavy (non-hydrogen) atoms. The van der Waals surface area contributed by atoms with Gasteiger partial charge in [0.15, 0.2) is 0 Å². The number of nitrogens with two attached hydrogens (primary N) is 1. The van der Waals surface area contributed by atoms with Crippen molar-refractivity contribution in [3.63, 3.8) is 0 Å². The van der Waals surface area contributed by atoms with Crippen molar-refractivity contribution in [1.29, 1.82) is 5.26 Å². The summed E-state index contributed by atoms with van der Waals surface area (Å²) in [5.41, 5.74) is 6.93. The van der Waals surface area contributed by atoms with Gasteiger partial charge in [-0.1, -0.05) is 12.1 Å². The van der Waals surface area contributed by atoms with E-state index in [2.05, 4.69) is 0 Å². The van der Waals surface area contributed by atoms with Crippen molar-refractivity contribution in [3.8, 4) is 6.07 Å². The summed E-state index contributed by atoms with van der Waals surface area (Å²) in [6, 6.07) is 9.01. The lowest BCUT2D eigenvalue weighted by molar-refractivity contribution is -0.114. The van der Waals surface area contributed by atoms with Crippen molar-refractivity contribution in [2.45, 2.75) is 6.92 Å². The Balaban J connectivity index is 3.04. The Labute approximate surface area is 82.5 Å². The van der Waals surface area contributed by atoms with Gasteiger partial charge < -0.3 is 5.73 Å². The average molecular weight is 186 g/mol. The number of nitriles is 1. The summed E-state index contributed by atoms with van der Waals surface area (Å²) in [4.78, 5) is 10.7. The number of rotatable bonds is 2. The third kappa shape index (κ3) is 2.46. The van der Waals surface area contributed by atoms with Crippen LogP contribution in [0.1, 0.15) is 18.1 Å². The molecule has 1 aromatic carbocycles. The van der Waals surface area contributed by atoms with E-state index in [-0.39, 0.29) is 0 Å². The highest BCUT2D eigenvalue weighted by Gasteiger charge is 1.97. The lowest BCUT2D eigenvalue weighted by Crippen LogP contribution is -2.11. The van der Waals surface area contributed by atoms with Crippen molar-refractivity contribution in [3.05, 3.63) is 41.0 Å². The van der Waals surface area contributed by atoms with E-state index in [1.165, 1.54) is 0 Å². The van der Waals surface area contributed by atoms with Gasteiger partial charge in [0.25, 0.3) is 0 Å². The zero-order chi connectivity index (χ0) is 10.6. The molecule has 0 saturated heterocycles. The van der Waals surface area contributed by atoms with Crippen molar-refractivity contribution in [2.75, 3.05) is 0 Å². The van der Waals surface area contributed by atoms with Crippen LogP contribution in [0.5, 0.6) is 0 Å². The Hall–Kier alpha value is -2.08. The van der Waals surface area contributed by atoms with Crippen LogP contribution in [0.25, 0.3) is 6.08 Å². The molecule has 0 saturated carbocycles. The number of hydrogen-bond acceptors (Lipinski definition) is 2. The molecule has 1 rings (SSSR count). The third-order valence-corrected chi connectivity index (χ3v) is 1.79. The Morgan fingerprint density at radius 3 is 2.86 bits per heavy atom. The standard InChI is InChI=1S/C11H10N2O/c1-8(11(13)14)5-9-3-2-4-10(6-9)7-12/h2-6H,1H3,(H2,13,14)/b8-5+. The first-order valence-electron chi connectivity index (χ1n) is 4.12. The lowest BCUT2D eigenvalue weighted by atomic mass is 10.1. The van der Waals surface area contributed by atoms with Crippen LogP contribution in [0.15, 0.2) is 29.8 Å². The SMILES string of the molecule is C/C(=C\c1cccc(C#N)c1)C(N)=O. The van der Waals surface area contributed by atoms with Crippen molar-refractivity contribution in [2.24, 2.45) is 5.73 Å². The molecule has 1 aromatic rings. The first-order chi connectivity index (χ1) is 6.63. The normalized spacial score (nSPS) is 10.7. The molecule has 0 fully saturated rings. The average Bonchev–Trinajstić information content (AvgIpc) is 2.18. The highest BCUT2D eigenvalue weighted by atomic mass is 16.1. The van der Waals surface area contributed by atoms with Crippen LogP contribution in [-0.2, 0) is 4.79 Å². The molecule has 3 nitrogen and oxygen atoms in total. The van der Waals surface area contributed by atoms with Crippen LogP contribution < -0.4 is 5.73 Å². The van der Waals surface area contributed by atoms with E-state index in [1.54, 1.807) is 31.2 Å². The molecule has 0 unspecified atom stereocenters. The van der Waals surface area contributed by atoms with Crippen molar-refractivity contribution >= 4 is 12.0 Å². The van der Waals surface area contributed by atoms with Gasteiger partial charge in [0.2, 0.25) is 5.91 Å². The van der Waals surface area contributed by atoms with Gasteiger partial charge in [-0.25, -0.2) is 0 Å². The van der Waals surface area contributed by atoms with Gasteiger partial charge in [0.05, 0.1) is 11.6 Å². The minimum absolute atomic E-state index is 0.452. The van der Waals surface area contributed by atoms with E-state index in [0.717, 1.165) is 5.56 Å². The number of benzene rings is 1. The molecule has 0 radical (unpaired) electrons. The van der Waals surface area contributed by atoms with Gasteiger partial charge in [-0.05, 0) is 30.7 Å². The second-order valence-electron chi connectivity index (χ2n) is 2.93. The van der Waals surface area contributed by atoms with E-state index in [0.29, 0.717) is 11.1 Å². The van der Waals surface area contributed by atoms with Gasteiger partial charge in [-0.2, -0.15) is 5.26 Å². The first-order valence-corrected chi connectivity index (χ1v) is 4.12. The number of primary amides is 1. The monoisotopic (exact) mass is 186 g/mol. The topological polar surface area (TPSA) is 66.9 Å². The van der Waals surface area contributed by atoms with Crippen molar-refractivity contribution < 1.29 is 4.79 Å². The fourth-order valence-electron chi connectivity index (χ4n) is 1.02. The molecule has 2 N–H and O–H groups in total. The fraction of sp³-hybridized carbons (Fsp3) is 0.0909. The van der Waals surface area contributed by atoms with Crippen molar-refractivity contribution in [1.82, 2.24) is 0 Å². The van der Waals surface area contributed by atoms with Crippen LogP contribution in [0.4, 0.5) is 0 Å². The fourth-order valence-corrected chi connectivity index (χ4v) is 1.02. The van der Waals surface area contributed by atoms with E-state index in [1.807, 2.05) is 12.1 Å². The smallest absolute Gasteiger partial charge is 0.244 e. The van der Waals surface area contributed by atoms with Gasteiger partial charge in [0.1, 0.15) is 0 Å². The first kappa shape index (κ1) is 10.0. The van der Waals surface area contributed by atoms with E-state index < -0.39 is 5.91 Å². The minimum Gasteiger partial charge on any atom is -0.366 e. The van der Waals surface area contributed by atoms with Crippen LogP contribution >= 0.6 is 0 Å². The number of amides is 1.